The Morgan fingerprint density at radius 2 is 2.00 bits per heavy atom. The Balaban J connectivity index is 1.91. The van der Waals surface area contributed by atoms with Crippen LogP contribution in [0.15, 0.2) is 29.6 Å². The van der Waals surface area contributed by atoms with Gasteiger partial charge >= 0.3 is 0 Å². The summed E-state index contributed by atoms with van der Waals surface area (Å²) in [6, 6.07) is 6.99. The largest absolute Gasteiger partial charge is 0.496 e. The van der Waals surface area contributed by atoms with Gasteiger partial charge in [-0.2, -0.15) is 0 Å². The summed E-state index contributed by atoms with van der Waals surface area (Å²) < 4.78 is 16.0. The van der Waals surface area contributed by atoms with Gasteiger partial charge in [0.25, 0.3) is 0 Å². The normalized spacial score (nSPS) is 13.1. The number of hydrogen-bond acceptors (Lipinski definition) is 5. The predicted molar refractivity (Wildman–Crippen MR) is 71.7 cm³/mol. The van der Waals surface area contributed by atoms with Crippen LogP contribution in [-0.4, -0.2) is 26.1 Å². The molecule has 0 aliphatic carbocycles. The fraction of sp³-hybridized carbons (Fsp3) is 0.214. The molecule has 0 unspecified atom stereocenters. The van der Waals surface area contributed by atoms with Crippen molar-refractivity contribution in [2.75, 3.05) is 20.3 Å². The molecule has 98 valence electrons. The minimum absolute atomic E-state index is 0.0368. The van der Waals surface area contributed by atoms with E-state index < -0.39 is 0 Å². The van der Waals surface area contributed by atoms with Gasteiger partial charge in [-0.15, -0.1) is 11.3 Å². The molecule has 1 aliphatic heterocycles. The highest BCUT2D eigenvalue weighted by atomic mass is 32.1. The number of carbonyl (C=O) groups excluding carboxylic acids is 1. The maximum atomic E-state index is 12.3. The van der Waals surface area contributed by atoms with Crippen LogP contribution in [0.1, 0.15) is 15.2 Å². The predicted octanol–water partition coefficient (Wildman–Crippen LogP) is 2.76. The molecule has 4 nitrogen and oxygen atoms in total. The summed E-state index contributed by atoms with van der Waals surface area (Å²) in [5, 5.41) is 1.81. The number of rotatable bonds is 3. The van der Waals surface area contributed by atoms with Crippen LogP contribution in [0, 0.1) is 0 Å². The van der Waals surface area contributed by atoms with Crippen molar-refractivity contribution in [1.29, 1.82) is 0 Å². The van der Waals surface area contributed by atoms with Crippen LogP contribution in [0.5, 0.6) is 17.2 Å². The zero-order chi connectivity index (χ0) is 13.2. The average molecular weight is 276 g/mol. The highest BCUT2D eigenvalue weighted by Gasteiger charge is 2.17. The lowest BCUT2D eigenvalue weighted by molar-refractivity contribution is 0.104. The van der Waals surface area contributed by atoms with E-state index >= 15 is 0 Å². The summed E-state index contributed by atoms with van der Waals surface area (Å²) in [6.45, 7) is 1.06. The molecule has 19 heavy (non-hydrogen) atoms. The standard InChI is InChI=1S/C14H12O4S/c1-16-10-7-13(19-8-10)14(15)9-2-3-11-12(6-9)18-5-4-17-11/h2-3,6-8H,4-5H2,1H3. The van der Waals surface area contributed by atoms with Crippen LogP contribution in [0.4, 0.5) is 0 Å². The molecule has 0 N–H and O–H groups in total. The summed E-state index contributed by atoms with van der Waals surface area (Å²) in [5.74, 6) is 1.98. The topological polar surface area (TPSA) is 44.8 Å². The zero-order valence-electron chi connectivity index (χ0n) is 10.3. The molecule has 2 heterocycles. The van der Waals surface area contributed by atoms with Crippen LogP contribution in [0.2, 0.25) is 0 Å². The van der Waals surface area contributed by atoms with E-state index in [2.05, 4.69) is 0 Å². The van der Waals surface area contributed by atoms with Gasteiger partial charge in [0.05, 0.1) is 12.0 Å². The van der Waals surface area contributed by atoms with Crippen LogP contribution >= 0.6 is 11.3 Å². The van der Waals surface area contributed by atoms with Gasteiger partial charge in [-0.3, -0.25) is 4.79 Å². The molecule has 0 atom stereocenters. The van der Waals surface area contributed by atoms with E-state index in [9.17, 15) is 4.79 Å². The Kier molecular flexibility index (Phi) is 3.13. The molecular formula is C14H12O4S. The van der Waals surface area contributed by atoms with Crippen molar-refractivity contribution in [2.45, 2.75) is 0 Å². The molecule has 1 aromatic heterocycles. The van der Waals surface area contributed by atoms with Crippen molar-refractivity contribution in [3.63, 3.8) is 0 Å². The highest BCUT2D eigenvalue weighted by Crippen LogP contribution is 2.32. The first-order valence-electron chi connectivity index (χ1n) is 5.85. The van der Waals surface area contributed by atoms with E-state index in [1.165, 1.54) is 11.3 Å². The number of ketones is 1. The number of carbonyl (C=O) groups is 1. The van der Waals surface area contributed by atoms with Crippen molar-refractivity contribution in [3.8, 4) is 17.2 Å². The summed E-state index contributed by atoms with van der Waals surface area (Å²) in [4.78, 5) is 13.0. The van der Waals surface area contributed by atoms with Crippen molar-refractivity contribution in [2.24, 2.45) is 0 Å². The molecule has 2 aromatic rings. The van der Waals surface area contributed by atoms with Crippen molar-refractivity contribution in [1.82, 2.24) is 0 Å². The quantitative estimate of drug-likeness (QED) is 0.809. The molecule has 0 saturated heterocycles. The molecular weight excluding hydrogens is 264 g/mol. The van der Waals surface area contributed by atoms with Crippen molar-refractivity contribution < 1.29 is 19.0 Å². The fourth-order valence-corrected chi connectivity index (χ4v) is 2.69. The maximum absolute atomic E-state index is 12.3. The SMILES string of the molecule is COc1csc(C(=O)c2ccc3c(c2)OCCO3)c1. The summed E-state index contributed by atoms with van der Waals surface area (Å²) in [7, 11) is 1.58. The third-order valence-corrected chi connectivity index (χ3v) is 3.75. The van der Waals surface area contributed by atoms with Gasteiger partial charge in [0.1, 0.15) is 19.0 Å². The molecule has 5 heteroatoms. The Labute approximate surface area is 114 Å². The number of fused-ring (bicyclic) bond motifs is 1. The molecule has 0 radical (unpaired) electrons. The van der Waals surface area contributed by atoms with E-state index in [4.69, 9.17) is 14.2 Å². The molecule has 1 aliphatic rings. The minimum Gasteiger partial charge on any atom is -0.496 e. The third kappa shape index (κ3) is 2.29. The van der Waals surface area contributed by atoms with E-state index in [0.29, 0.717) is 40.9 Å². The van der Waals surface area contributed by atoms with E-state index in [0.717, 1.165) is 0 Å². The molecule has 3 rings (SSSR count). The highest BCUT2D eigenvalue weighted by molar-refractivity contribution is 7.12. The van der Waals surface area contributed by atoms with Gasteiger partial charge in [0.15, 0.2) is 11.5 Å². The minimum atomic E-state index is -0.0368. The Bertz CT molecular complexity index is 618. The van der Waals surface area contributed by atoms with Crippen molar-refractivity contribution in [3.05, 3.63) is 40.1 Å². The molecule has 0 amide bonds. The number of ether oxygens (including phenoxy) is 3. The fourth-order valence-electron chi connectivity index (χ4n) is 1.87. The lowest BCUT2D eigenvalue weighted by atomic mass is 10.1. The van der Waals surface area contributed by atoms with Crippen LogP contribution in [0.3, 0.4) is 0 Å². The zero-order valence-corrected chi connectivity index (χ0v) is 11.2. The molecule has 0 saturated carbocycles. The van der Waals surface area contributed by atoms with Gasteiger partial charge in [-0.05, 0) is 18.2 Å². The van der Waals surface area contributed by atoms with Gasteiger partial charge in [-0.1, -0.05) is 0 Å². The Morgan fingerprint density at radius 3 is 2.74 bits per heavy atom. The number of thiophene rings is 1. The molecule has 0 fully saturated rings. The van der Waals surface area contributed by atoms with Crippen LogP contribution in [-0.2, 0) is 0 Å². The van der Waals surface area contributed by atoms with E-state index in [-0.39, 0.29) is 5.78 Å². The second-order valence-corrected chi connectivity index (χ2v) is 4.95. The van der Waals surface area contributed by atoms with Crippen LogP contribution in [0.25, 0.3) is 0 Å². The van der Waals surface area contributed by atoms with E-state index in [1.807, 2.05) is 5.38 Å². The first-order valence-corrected chi connectivity index (χ1v) is 6.73. The third-order valence-electron chi connectivity index (χ3n) is 2.84. The van der Waals surface area contributed by atoms with Gasteiger partial charge in [0, 0.05) is 17.0 Å². The van der Waals surface area contributed by atoms with Gasteiger partial charge < -0.3 is 14.2 Å². The average Bonchev–Trinajstić information content (AvgIpc) is 2.95. The summed E-state index contributed by atoms with van der Waals surface area (Å²) >= 11 is 1.37. The lowest BCUT2D eigenvalue weighted by Crippen LogP contribution is -2.15. The Morgan fingerprint density at radius 1 is 1.21 bits per heavy atom. The summed E-state index contributed by atoms with van der Waals surface area (Å²) in [6.07, 6.45) is 0. The molecule has 1 aromatic carbocycles. The monoisotopic (exact) mass is 276 g/mol. The van der Waals surface area contributed by atoms with Crippen LogP contribution < -0.4 is 14.2 Å². The lowest BCUT2D eigenvalue weighted by Gasteiger charge is -2.18. The van der Waals surface area contributed by atoms with Crippen molar-refractivity contribution >= 4 is 17.1 Å². The summed E-state index contributed by atoms with van der Waals surface area (Å²) in [5.41, 5.74) is 0.591. The number of hydrogen-bond donors (Lipinski definition) is 0. The molecule has 0 spiro atoms. The smallest absolute Gasteiger partial charge is 0.203 e. The second kappa shape index (κ2) is 4.93. The maximum Gasteiger partial charge on any atom is 0.203 e. The molecule has 0 bridgehead atoms. The number of benzene rings is 1. The Hall–Kier alpha value is -2.01. The van der Waals surface area contributed by atoms with Gasteiger partial charge in [-0.25, -0.2) is 0 Å². The van der Waals surface area contributed by atoms with E-state index in [1.54, 1.807) is 31.4 Å². The second-order valence-electron chi connectivity index (χ2n) is 4.04. The number of methoxy groups -OCH3 is 1. The first-order chi connectivity index (χ1) is 9.28. The first kappa shape index (κ1) is 12.0. The van der Waals surface area contributed by atoms with Gasteiger partial charge in [0.2, 0.25) is 5.78 Å².